The number of sulfone groups is 1. The van der Waals surface area contributed by atoms with Gasteiger partial charge in [-0.05, 0) is 48.7 Å². The lowest BCUT2D eigenvalue weighted by Gasteiger charge is -2.13. The van der Waals surface area contributed by atoms with Crippen LogP contribution < -0.4 is 10.1 Å². The molecule has 0 saturated carbocycles. The largest absolute Gasteiger partial charge is 0.496 e. The van der Waals surface area contributed by atoms with Crippen molar-refractivity contribution >= 4 is 21.4 Å². The molecule has 152 valence electrons. The summed E-state index contributed by atoms with van der Waals surface area (Å²) >= 11 is 0. The van der Waals surface area contributed by atoms with Crippen LogP contribution in [0.4, 0.5) is 10.1 Å². The zero-order valence-corrected chi connectivity index (χ0v) is 16.5. The molecule has 0 bridgehead atoms. The van der Waals surface area contributed by atoms with Gasteiger partial charge in [0.1, 0.15) is 11.6 Å². The number of nitrogens with zero attached hydrogens (tertiary/aromatic N) is 1. The molecule has 7 nitrogen and oxygen atoms in total. The Labute approximate surface area is 168 Å². The van der Waals surface area contributed by atoms with Crippen LogP contribution in [0.15, 0.2) is 41.3 Å². The van der Waals surface area contributed by atoms with Gasteiger partial charge in [0.2, 0.25) is 0 Å². The standard InChI is InChI=1S/C20H19FN2O5S/c1-27-19-5-3-15(29(25,26)12-14-6-7-28-11-14)9-16(19)20(24)23-18-4-2-13(10-22)8-17(18)21/h2-5,8-9,14H,6-7,11-12H2,1H3,(H,23,24)/t14-/m0/s1. The predicted octanol–water partition coefficient (Wildman–Crippen LogP) is 2.77. The van der Waals surface area contributed by atoms with Crippen LogP contribution in [-0.2, 0) is 14.6 Å². The van der Waals surface area contributed by atoms with E-state index < -0.39 is 21.6 Å². The van der Waals surface area contributed by atoms with Gasteiger partial charge in [0, 0.05) is 6.61 Å². The van der Waals surface area contributed by atoms with E-state index in [1.54, 1.807) is 6.07 Å². The fraction of sp³-hybridized carbons (Fsp3) is 0.300. The highest BCUT2D eigenvalue weighted by Gasteiger charge is 2.26. The number of ether oxygens (including phenoxy) is 2. The lowest BCUT2D eigenvalue weighted by molar-refractivity contribution is 0.102. The summed E-state index contributed by atoms with van der Waals surface area (Å²) in [5.41, 5.74) is -0.0607. The fourth-order valence-corrected chi connectivity index (χ4v) is 4.70. The van der Waals surface area contributed by atoms with Crippen LogP contribution >= 0.6 is 0 Å². The molecule has 9 heteroatoms. The number of rotatable bonds is 6. The third kappa shape index (κ3) is 4.72. The third-order valence-electron chi connectivity index (χ3n) is 4.60. The molecule has 29 heavy (non-hydrogen) atoms. The number of hydrogen-bond donors (Lipinski definition) is 1. The smallest absolute Gasteiger partial charge is 0.259 e. The maximum Gasteiger partial charge on any atom is 0.259 e. The number of anilines is 1. The molecule has 3 rings (SSSR count). The van der Waals surface area contributed by atoms with Crippen LogP contribution in [0.3, 0.4) is 0 Å². The molecule has 2 aromatic rings. The second-order valence-electron chi connectivity index (χ2n) is 6.63. The first-order valence-corrected chi connectivity index (χ1v) is 10.5. The number of benzene rings is 2. The summed E-state index contributed by atoms with van der Waals surface area (Å²) in [5.74, 6) is -1.52. The molecule has 1 N–H and O–H groups in total. The normalized spacial score (nSPS) is 16.2. The number of carbonyl (C=O) groups excluding carboxylic acids is 1. The van der Waals surface area contributed by atoms with Crippen molar-refractivity contribution < 1.29 is 27.1 Å². The molecule has 0 unspecified atom stereocenters. The predicted molar refractivity (Wildman–Crippen MR) is 103 cm³/mol. The first-order valence-electron chi connectivity index (χ1n) is 8.83. The lowest BCUT2D eigenvalue weighted by atomic mass is 10.1. The van der Waals surface area contributed by atoms with E-state index in [1.165, 1.54) is 37.4 Å². The Morgan fingerprint density at radius 2 is 2.14 bits per heavy atom. The number of halogens is 1. The number of amides is 1. The number of methoxy groups -OCH3 is 1. The Morgan fingerprint density at radius 1 is 1.34 bits per heavy atom. The molecule has 0 aliphatic carbocycles. The van der Waals surface area contributed by atoms with Crippen LogP contribution in [0, 0.1) is 23.1 Å². The SMILES string of the molecule is COc1ccc(S(=O)(=O)C[C@H]2CCOC2)cc1C(=O)Nc1ccc(C#N)cc1F. The van der Waals surface area contributed by atoms with Crippen molar-refractivity contribution in [2.75, 3.05) is 31.4 Å². The van der Waals surface area contributed by atoms with Gasteiger partial charge in [0.05, 0.1) is 47.2 Å². The van der Waals surface area contributed by atoms with Crippen LogP contribution in [-0.4, -0.2) is 40.4 Å². The summed E-state index contributed by atoms with van der Waals surface area (Å²) in [6, 6.07) is 9.42. The molecule has 2 aromatic carbocycles. The summed E-state index contributed by atoms with van der Waals surface area (Å²) in [5, 5.41) is 11.2. The maximum atomic E-state index is 14.1. The fourth-order valence-electron chi connectivity index (χ4n) is 3.05. The quantitative estimate of drug-likeness (QED) is 0.773. The first-order chi connectivity index (χ1) is 13.8. The van der Waals surface area contributed by atoms with E-state index in [9.17, 15) is 17.6 Å². The highest BCUT2D eigenvalue weighted by atomic mass is 32.2. The molecule has 0 aromatic heterocycles. The minimum atomic E-state index is -3.64. The van der Waals surface area contributed by atoms with Gasteiger partial charge in [-0.2, -0.15) is 5.26 Å². The number of hydrogen-bond acceptors (Lipinski definition) is 6. The van der Waals surface area contributed by atoms with E-state index >= 15 is 0 Å². The van der Waals surface area contributed by atoms with E-state index in [-0.39, 0.29) is 39.1 Å². The molecule has 1 aliphatic rings. The molecule has 1 fully saturated rings. The van der Waals surface area contributed by atoms with Crippen molar-refractivity contribution in [1.82, 2.24) is 0 Å². The van der Waals surface area contributed by atoms with E-state index in [4.69, 9.17) is 14.7 Å². The maximum absolute atomic E-state index is 14.1. The van der Waals surface area contributed by atoms with Gasteiger partial charge in [0.25, 0.3) is 5.91 Å². The van der Waals surface area contributed by atoms with Crippen LogP contribution in [0.5, 0.6) is 5.75 Å². The molecule has 0 spiro atoms. The van der Waals surface area contributed by atoms with E-state index in [0.29, 0.717) is 19.6 Å². The highest BCUT2D eigenvalue weighted by molar-refractivity contribution is 7.91. The van der Waals surface area contributed by atoms with Gasteiger partial charge in [-0.3, -0.25) is 4.79 Å². The van der Waals surface area contributed by atoms with Gasteiger partial charge < -0.3 is 14.8 Å². The Balaban J connectivity index is 1.88. The summed E-state index contributed by atoms with van der Waals surface area (Å²) in [7, 11) is -2.29. The zero-order valence-electron chi connectivity index (χ0n) is 15.6. The van der Waals surface area contributed by atoms with Crippen LogP contribution in [0.2, 0.25) is 0 Å². The molecule has 1 aliphatic heterocycles. The minimum absolute atomic E-state index is 0.0179. The average molecular weight is 418 g/mol. The van der Waals surface area contributed by atoms with Crippen molar-refractivity contribution in [3.05, 3.63) is 53.3 Å². The Hall–Kier alpha value is -2.96. The number of nitriles is 1. The lowest BCUT2D eigenvalue weighted by Crippen LogP contribution is -2.18. The monoisotopic (exact) mass is 418 g/mol. The van der Waals surface area contributed by atoms with Crippen LogP contribution in [0.25, 0.3) is 0 Å². The second kappa shape index (κ2) is 8.59. The van der Waals surface area contributed by atoms with Crippen molar-refractivity contribution in [3.8, 4) is 11.8 Å². The van der Waals surface area contributed by atoms with Gasteiger partial charge in [-0.1, -0.05) is 0 Å². The van der Waals surface area contributed by atoms with Crippen molar-refractivity contribution in [2.24, 2.45) is 5.92 Å². The molecule has 1 atom stereocenters. The second-order valence-corrected chi connectivity index (χ2v) is 8.67. The molecule has 1 amide bonds. The van der Waals surface area contributed by atoms with E-state index in [0.717, 1.165) is 6.07 Å². The number of carbonyl (C=O) groups is 1. The number of nitrogens with one attached hydrogen (secondary N) is 1. The Kier molecular flexibility index (Phi) is 6.15. The van der Waals surface area contributed by atoms with Gasteiger partial charge >= 0.3 is 0 Å². The summed E-state index contributed by atoms with van der Waals surface area (Å²) in [6.07, 6.45) is 0.667. The van der Waals surface area contributed by atoms with Crippen molar-refractivity contribution in [1.29, 1.82) is 5.26 Å². The Bertz CT molecular complexity index is 1070. The summed E-state index contributed by atoms with van der Waals surface area (Å²) < 4.78 is 49.9. The van der Waals surface area contributed by atoms with Gasteiger partial charge in [-0.15, -0.1) is 0 Å². The topological polar surface area (TPSA) is 105 Å². The first kappa shape index (κ1) is 20.8. The van der Waals surface area contributed by atoms with E-state index in [1.807, 2.05) is 0 Å². The molecule has 1 heterocycles. The zero-order chi connectivity index (χ0) is 21.0. The van der Waals surface area contributed by atoms with Crippen LogP contribution in [0.1, 0.15) is 22.3 Å². The highest BCUT2D eigenvalue weighted by Crippen LogP contribution is 2.27. The van der Waals surface area contributed by atoms with Crippen molar-refractivity contribution in [3.63, 3.8) is 0 Å². The van der Waals surface area contributed by atoms with Crippen molar-refractivity contribution in [2.45, 2.75) is 11.3 Å². The summed E-state index contributed by atoms with van der Waals surface area (Å²) in [6.45, 7) is 0.924. The van der Waals surface area contributed by atoms with E-state index in [2.05, 4.69) is 5.32 Å². The van der Waals surface area contributed by atoms with Gasteiger partial charge in [-0.25, -0.2) is 12.8 Å². The molecule has 0 radical (unpaired) electrons. The molecular formula is C20H19FN2O5S. The molecule has 1 saturated heterocycles. The average Bonchev–Trinajstić information content (AvgIpc) is 3.21. The minimum Gasteiger partial charge on any atom is -0.496 e. The molecular weight excluding hydrogens is 399 g/mol. The Morgan fingerprint density at radius 3 is 2.76 bits per heavy atom. The summed E-state index contributed by atoms with van der Waals surface area (Å²) in [4.78, 5) is 12.7. The van der Waals surface area contributed by atoms with Gasteiger partial charge in [0.15, 0.2) is 9.84 Å². The third-order valence-corrected chi connectivity index (χ3v) is 6.48.